The molecule has 1 rings (SSSR count). The Kier molecular flexibility index (Phi) is 3.24. The molecular weight excluding hydrogens is 180 g/mol. The van der Waals surface area contributed by atoms with Crippen LogP contribution in [-0.2, 0) is 4.79 Å². The molecule has 0 aliphatic rings. The predicted molar refractivity (Wildman–Crippen MR) is 54.7 cm³/mol. The number of carbonyl (C=O) groups is 1. The van der Waals surface area contributed by atoms with Crippen molar-refractivity contribution in [1.82, 2.24) is 10.2 Å². The molecule has 0 aromatic carbocycles. The van der Waals surface area contributed by atoms with Crippen molar-refractivity contribution in [2.45, 2.75) is 32.2 Å². The smallest absolute Gasteiger partial charge is 0.244 e. The zero-order valence-corrected chi connectivity index (χ0v) is 8.50. The summed E-state index contributed by atoms with van der Waals surface area (Å²) in [4.78, 5) is 11.6. The summed E-state index contributed by atoms with van der Waals surface area (Å²) in [6, 6.07) is 0. The number of rotatable bonds is 4. The SMILES string of the molecule is CCCC(C)(N)C(=O)Nc1cn[nH]c1. The van der Waals surface area contributed by atoms with Crippen LogP contribution in [0.2, 0.25) is 0 Å². The third-order valence-corrected chi connectivity index (χ3v) is 2.04. The Bertz CT molecular complexity index is 292. The van der Waals surface area contributed by atoms with Gasteiger partial charge in [-0.3, -0.25) is 9.89 Å². The summed E-state index contributed by atoms with van der Waals surface area (Å²) in [5.74, 6) is -0.180. The summed E-state index contributed by atoms with van der Waals surface area (Å²) in [6.45, 7) is 3.72. The summed E-state index contributed by atoms with van der Waals surface area (Å²) >= 11 is 0. The second-order valence-corrected chi connectivity index (χ2v) is 3.61. The maximum Gasteiger partial charge on any atom is 0.244 e. The van der Waals surface area contributed by atoms with E-state index >= 15 is 0 Å². The third kappa shape index (κ3) is 2.56. The Balaban J connectivity index is 2.57. The van der Waals surface area contributed by atoms with E-state index in [9.17, 15) is 4.79 Å². The van der Waals surface area contributed by atoms with Crippen LogP contribution in [0.1, 0.15) is 26.7 Å². The average molecular weight is 196 g/mol. The minimum Gasteiger partial charge on any atom is -0.322 e. The Labute approximate surface area is 83.1 Å². The fourth-order valence-corrected chi connectivity index (χ4v) is 1.23. The number of hydrogen-bond donors (Lipinski definition) is 3. The van der Waals surface area contributed by atoms with Gasteiger partial charge in [0, 0.05) is 6.20 Å². The van der Waals surface area contributed by atoms with Crippen LogP contribution in [0.4, 0.5) is 5.69 Å². The molecule has 0 aliphatic heterocycles. The Morgan fingerprint density at radius 2 is 2.50 bits per heavy atom. The molecule has 0 spiro atoms. The summed E-state index contributed by atoms with van der Waals surface area (Å²) in [6.07, 6.45) is 4.70. The first kappa shape index (κ1) is 10.7. The summed E-state index contributed by atoms with van der Waals surface area (Å²) in [5.41, 5.74) is 5.67. The van der Waals surface area contributed by atoms with Gasteiger partial charge in [-0.15, -0.1) is 0 Å². The van der Waals surface area contributed by atoms with Crippen LogP contribution in [0.3, 0.4) is 0 Å². The summed E-state index contributed by atoms with van der Waals surface area (Å²) < 4.78 is 0. The van der Waals surface area contributed by atoms with Crippen molar-refractivity contribution in [3.63, 3.8) is 0 Å². The molecule has 1 aromatic rings. The molecule has 4 N–H and O–H groups in total. The molecule has 5 nitrogen and oxygen atoms in total. The van der Waals surface area contributed by atoms with E-state index in [-0.39, 0.29) is 5.91 Å². The molecule has 5 heteroatoms. The first-order chi connectivity index (χ1) is 6.56. The van der Waals surface area contributed by atoms with Gasteiger partial charge in [0.15, 0.2) is 0 Å². The molecule has 1 aromatic heterocycles. The highest BCUT2D eigenvalue weighted by atomic mass is 16.2. The molecule has 1 amide bonds. The minimum atomic E-state index is -0.813. The number of nitrogens with two attached hydrogens (primary N) is 1. The lowest BCUT2D eigenvalue weighted by atomic mass is 9.96. The van der Waals surface area contributed by atoms with E-state index in [0.29, 0.717) is 12.1 Å². The summed E-state index contributed by atoms with van der Waals surface area (Å²) in [5, 5.41) is 9.03. The zero-order chi connectivity index (χ0) is 10.6. The number of carbonyl (C=O) groups excluding carboxylic acids is 1. The highest BCUT2D eigenvalue weighted by molar-refractivity contribution is 5.97. The average Bonchev–Trinajstić information content (AvgIpc) is 2.56. The maximum absolute atomic E-state index is 11.6. The second kappa shape index (κ2) is 4.23. The highest BCUT2D eigenvalue weighted by Gasteiger charge is 2.27. The third-order valence-electron chi connectivity index (χ3n) is 2.04. The number of nitrogens with zero attached hydrogens (tertiary/aromatic N) is 1. The molecule has 0 radical (unpaired) electrons. The Hall–Kier alpha value is -1.36. The maximum atomic E-state index is 11.6. The molecule has 14 heavy (non-hydrogen) atoms. The molecule has 0 fully saturated rings. The first-order valence-corrected chi connectivity index (χ1v) is 4.65. The Morgan fingerprint density at radius 1 is 1.79 bits per heavy atom. The lowest BCUT2D eigenvalue weighted by molar-refractivity contribution is -0.120. The van der Waals surface area contributed by atoms with Gasteiger partial charge in [-0.05, 0) is 13.3 Å². The van der Waals surface area contributed by atoms with Gasteiger partial charge >= 0.3 is 0 Å². The van der Waals surface area contributed by atoms with Crippen LogP contribution in [-0.4, -0.2) is 21.6 Å². The van der Waals surface area contributed by atoms with Crippen LogP contribution in [0.5, 0.6) is 0 Å². The van der Waals surface area contributed by atoms with Gasteiger partial charge in [0.1, 0.15) is 0 Å². The normalized spacial score (nSPS) is 14.8. The van der Waals surface area contributed by atoms with Crippen molar-refractivity contribution in [1.29, 1.82) is 0 Å². The molecule has 78 valence electrons. The monoisotopic (exact) mass is 196 g/mol. The van der Waals surface area contributed by atoms with Crippen molar-refractivity contribution >= 4 is 11.6 Å². The minimum absolute atomic E-state index is 0.180. The van der Waals surface area contributed by atoms with Crippen LogP contribution in [0.25, 0.3) is 0 Å². The van der Waals surface area contributed by atoms with Crippen molar-refractivity contribution < 1.29 is 4.79 Å². The number of anilines is 1. The molecule has 0 saturated carbocycles. The van der Waals surface area contributed by atoms with Crippen LogP contribution in [0, 0.1) is 0 Å². The van der Waals surface area contributed by atoms with Crippen molar-refractivity contribution in [2.24, 2.45) is 5.73 Å². The molecule has 1 atom stereocenters. The molecule has 0 bridgehead atoms. The fourth-order valence-electron chi connectivity index (χ4n) is 1.23. The van der Waals surface area contributed by atoms with Crippen molar-refractivity contribution in [3.8, 4) is 0 Å². The largest absolute Gasteiger partial charge is 0.322 e. The van der Waals surface area contributed by atoms with E-state index < -0.39 is 5.54 Å². The van der Waals surface area contributed by atoms with Crippen LogP contribution < -0.4 is 11.1 Å². The van der Waals surface area contributed by atoms with Gasteiger partial charge < -0.3 is 11.1 Å². The van der Waals surface area contributed by atoms with Gasteiger partial charge in [0.2, 0.25) is 5.91 Å². The van der Waals surface area contributed by atoms with Gasteiger partial charge in [-0.25, -0.2) is 0 Å². The first-order valence-electron chi connectivity index (χ1n) is 4.65. The van der Waals surface area contributed by atoms with E-state index in [1.165, 1.54) is 0 Å². The number of amides is 1. The lowest BCUT2D eigenvalue weighted by Gasteiger charge is -2.22. The van der Waals surface area contributed by atoms with Gasteiger partial charge in [-0.1, -0.05) is 13.3 Å². The van der Waals surface area contributed by atoms with Crippen molar-refractivity contribution in [3.05, 3.63) is 12.4 Å². The number of H-pyrrole nitrogens is 1. The number of nitrogens with one attached hydrogen (secondary N) is 2. The van der Waals surface area contributed by atoms with Gasteiger partial charge in [-0.2, -0.15) is 5.10 Å². The molecule has 0 saturated heterocycles. The zero-order valence-electron chi connectivity index (χ0n) is 8.50. The van der Waals surface area contributed by atoms with E-state index in [4.69, 9.17) is 5.73 Å². The van der Waals surface area contributed by atoms with E-state index in [2.05, 4.69) is 15.5 Å². The quantitative estimate of drug-likeness (QED) is 0.668. The second-order valence-electron chi connectivity index (χ2n) is 3.61. The van der Waals surface area contributed by atoms with E-state index in [0.717, 1.165) is 6.42 Å². The van der Waals surface area contributed by atoms with E-state index in [1.54, 1.807) is 19.3 Å². The van der Waals surface area contributed by atoms with Crippen LogP contribution in [0.15, 0.2) is 12.4 Å². The van der Waals surface area contributed by atoms with Crippen molar-refractivity contribution in [2.75, 3.05) is 5.32 Å². The topological polar surface area (TPSA) is 83.8 Å². The predicted octanol–water partition coefficient (Wildman–Crippen LogP) is 0.866. The fraction of sp³-hybridized carbons (Fsp3) is 0.556. The van der Waals surface area contributed by atoms with E-state index in [1.807, 2.05) is 6.92 Å². The molecule has 0 aliphatic carbocycles. The number of aromatic nitrogens is 2. The Morgan fingerprint density at radius 3 is 3.00 bits per heavy atom. The molecule has 1 unspecified atom stereocenters. The molecule has 1 heterocycles. The van der Waals surface area contributed by atoms with Gasteiger partial charge in [0.25, 0.3) is 0 Å². The summed E-state index contributed by atoms with van der Waals surface area (Å²) in [7, 11) is 0. The highest BCUT2D eigenvalue weighted by Crippen LogP contribution is 2.12. The lowest BCUT2D eigenvalue weighted by Crippen LogP contribution is -2.48. The number of hydrogen-bond acceptors (Lipinski definition) is 3. The van der Waals surface area contributed by atoms with Gasteiger partial charge in [0.05, 0.1) is 17.4 Å². The van der Waals surface area contributed by atoms with Crippen LogP contribution >= 0.6 is 0 Å². The number of aromatic amines is 1. The standard InChI is InChI=1S/C9H16N4O/c1-3-4-9(2,10)8(14)13-7-5-11-12-6-7/h5-6H,3-4,10H2,1-2H3,(H,11,12)(H,13,14). The molecular formula is C9H16N4O.